The second kappa shape index (κ2) is 13.8. The first-order chi connectivity index (χ1) is 28.9. The van der Waals surface area contributed by atoms with E-state index in [0.29, 0.717) is 0 Å². The minimum atomic E-state index is 0.0536. The quantitative estimate of drug-likeness (QED) is 0.124. The molecule has 0 radical (unpaired) electrons. The number of para-hydroxylation sites is 1. The first-order valence-electron chi connectivity index (χ1n) is 20.6. The van der Waals surface area contributed by atoms with E-state index >= 15 is 0 Å². The molecule has 0 spiro atoms. The number of hydrogen-bond acceptors (Lipinski definition) is 2. The van der Waals surface area contributed by atoms with Crippen molar-refractivity contribution in [3.63, 3.8) is 0 Å². The minimum Gasteiger partial charge on any atom is -0.456 e. The molecule has 0 aliphatic carbocycles. The second-order valence-corrected chi connectivity index (χ2v) is 16.5. The third-order valence-corrected chi connectivity index (χ3v) is 12.2. The fraction of sp³-hybridized carbons (Fsp3) is 0.0714. The summed E-state index contributed by atoms with van der Waals surface area (Å²) in [5, 5.41) is 9.83. The van der Waals surface area contributed by atoms with E-state index in [-0.39, 0.29) is 6.71 Å². The predicted molar refractivity (Wildman–Crippen MR) is 253 cm³/mol. The molecular formula is C56H42BNO. The van der Waals surface area contributed by atoms with Crippen LogP contribution in [0.2, 0.25) is 0 Å². The third kappa shape index (κ3) is 5.96. The Balaban J connectivity index is 1.13. The first kappa shape index (κ1) is 35.1. The van der Waals surface area contributed by atoms with Gasteiger partial charge >= 0.3 is 0 Å². The molecule has 0 amide bonds. The van der Waals surface area contributed by atoms with Gasteiger partial charge in [0.05, 0.1) is 0 Å². The third-order valence-electron chi connectivity index (χ3n) is 12.2. The summed E-state index contributed by atoms with van der Waals surface area (Å²) >= 11 is 0. The number of aryl methyl sites for hydroxylation is 4. The lowest BCUT2D eigenvalue weighted by molar-refractivity contribution is 0.487. The normalized spacial score (nSPS) is 11.9. The van der Waals surface area contributed by atoms with E-state index in [1.807, 2.05) is 0 Å². The van der Waals surface area contributed by atoms with Crippen molar-refractivity contribution in [1.29, 1.82) is 0 Å². The van der Waals surface area contributed by atoms with Crippen molar-refractivity contribution in [2.45, 2.75) is 27.7 Å². The number of rotatable bonds is 6. The lowest BCUT2D eigenvalue weighted by Gasteiger charge is -2.28. The smallest absolute Gasteiger partial charge is 0.242 e. The Morgan fingerprint density at radius 2 is 0.966 bits per heavy atom. The predicted octanol–water partition coefficient (Wildman–Crippen LogP) is 13.3. The number of hydrogen-bond donors (Lipinski definition) is 0. The fourth-order valence-electron chi connectivity index (χ4n) is 9.91. The summed E-state index contributed by atoms with van der Waals surface area (Å²) in [6.45, 7) is 8.91. The summed E-state index contributed by atoms with van der Waals surface area (Å²) < 4.78 is 6.96. The van der Waals surface area contributed by atoms with Crippen LogP contribution in [0.5, 0.6) is 11.5 Å². The van der Waals surface area contributed by atoms with E-state index in [4.69, 9.17) is 4.74 Å². The van der Waals surface area contributed by atoms with E-state index in [9.17, 15) is 0 Å². The molecule has 2 nitrogen and oxygen atoms in total. The number of fused-ring (bicyclic) bond motifs is 7. The molecule has 1 aliphatic heterocycles. The Kier molecular flexibility index (Phi) is 8.20. The zero-order chi connectivity index (χ0) is 39.8. The molecule has 0 aromatic heterocycles. The molecule has 10 aromatic rings. The van der Waals surface area contributed by atoms with Crippen LogP contribution in [0.15, 0.2) is 182 Å². The van der Waals surface area contributed by atoms with Crippen molar-refractivity contribution in [2.24, 2.45) is 0 Å². The maximum Gasteiger partial charge on any atom is 0.242 e. The highest BCUT2D eigenvalue weighted by Crippen LogP contribution is 2.51. The van der Waals surface area contributed by atoms with E-state index in [2.05, 4.69) is 215 Å². The summed E-state index contributed by atoms with van der Waals surface area (Å²) in [6.07, 6.45) is 0. The summed E-state index contributed by atoms with van der Waals surface area (Å²) in [7, 11) is 0. The van der Waals surface area contributed by atoms with Crippen LogP contribution in [-0.2, 0) is 0 Å². The van der Waals surface area contributed by atoms with Crippen LogP contribution in [-0.4, -0.2) is 6.71 Å². The zero-order valence-electron chi connectivity index (χ0n) is 33.8. The van der Waals surface area contributed by atoms with Crippen molar-refractivity contribution in [1.82, 2.24) is 0 Å². The highest BCUT2D eigenvalue weighted by atomic mass is 16.5. The lowest BCUT2D eigenvalue weighted by atomic mass is 9.36. The molecule has 0 saturated carbocycles. The molecule has 1 heterocycles. The standard InChI is InChI=1S/C56H42BNO/c1-35-25-36(2)28-41(27-35)57(42-29-37(3)26-38(4)30-42)53-34-51-49-19-12-20-54-56(49)52(33-50(51)46-17-10-11-18-47(46)53)48-24-23-45(32-55(48)59-54)58(43-15-6-5-7-16-43)44-22-21-39-13-8-9-14-40(39)31-44/h5-34H,1-4H3. The van der Waals surface area contributed by atoms with Gasteiger partial charge in [0, 0.05) is 34.1 Å². The Morgan fingerprint density at radius 3 is 1.69 bits per heavy atom. The van der Waals surface area contributed by atoms with Gasteiger partial charge < -0.3 is 9.64 Å². The molecule has 11 rings (SSSR count). The van der Waals surface area contributed by atoms with Crippen LogP contribution < -0.4 is 26.0 Å². The van der Waals surface area contributed by atoms with Gasteiger partial charge in [-0.3, -0.25) is 0 Å². The SMILES string of the molecule is Cc1cc(C)cc(B(c2cc(C)cc(C)c2)c2cc3c4cccc5c4c(cc3c3ccccc23)-c2ccc(N(c3ccccc3)c3ccc4ccccc4c3)cc2O5)c1. The largest absolute Gasteiger partial charge is 0.456 e. The maximum absolute atomic E-state index is 6.96. The molecule has 0 N–H and O–H groups in total. The van der Waals surface area contributed by atoms with Gasteiger partial charge in [0.25, 0.3) is 0 Å². The Hall–Kier alpha value is -7.10. The van der Waals surface area contributed by atoms with Gasteiger partial charge in [-0.15, -0.1) is 0 Å². The Bertz CT molecular complexity index is 3220. The molecule has 10 aromatic carbocycles. The monoisotopic (exact) mass is 755 g/mol. The summed E-state index contributed by atoms with van der Waals surface area (Å²) in [4.78, 5) is 2.32. The molecule has 59 heavy (non-hydrogen) atoms. The van der Waals surface area contributed by atoms with E-state index < -0.39 is 0 Å². The van der Waals surface area contributed by atoms with Gasteiger partial charge in [-0.1, -0.05) is 166 Å². The molecule has 0 atom stereocenters. The van der Waals surface area contributed by atoms with Crippen molar-refractivity contribution in [2.75, 3.05) is 4.90 Å². The summed E-state index contributed by atoms with van der Waals surface area (Å²) in [5.74, 6) is 1.74. The highest BCUT2D eigenvalue weighted by Gasteiger charge is 2.29. The van der Waals surface area contributed by atoms with Gasteiger partial charge in [0.2, 0.25) is 6.71 Å². The molecule has 0 fully saturated rings. The number of ether oxygens (including phenoxy) is 1. The van der Waals surface area contributed by atoms with Crippen molar-refractivity contribution >= 4 is 83.3 Å². The Morgan fingerprint density at radius 1 is 0.373 bits per heavy atom. The zero-order valence-corrected chi connectivity index (χ0v) is 33.8. The van der Waals surface area contributed by atoms with Crippen molar-refractivity contribution in [3.8, 4) is 22.6 Å². The first-order valence-corrected chi connectivity index (χ1v) is 20.6. The minimum absolute atomic E-state index is 0.0536. The van der Waals surface area contributed by atoms with Gasteiger partial charge in [0.15, 0.2) is 0 Å². The molecular weight excluding hydrogens is 713 g/mol. The maximum atomic E-state index is 6.96. The van der Waals surface area contributed by atoms with E-state index in [0.717, 1.165) is 39.5 Å². The van der Waals surface area contributed by atoms with Crippen LogP contribution in [0.3, 0.4) is 0 Å². The average molecular weight is 756 g/mol. The van der Waals surface area contributed by atoms with Crippen molar-refractivity contribution < 1.29 is 4.74 Å². The number of anilines is 3. The molecule has 280 valence electrons. The molecule has 0 saturated heterocycles. The number of benzene rings is 10. The number of nitrogens with zero attached hydrogens (tertiary/aromatic N) is 1. The van der Waals surface area contributed by atoms with E-state index in [1.54, 1.807) is 0 Å². The Labute approximate surface area is 346 Å². The van der Waals surface area contributed by atoms with Crippen molar-refractivity contribution in [3.05, 3.63) is 204 Å². The van der Waals surface area contributed by atoms with Crippen LogP contribution in [0.25, 0.3) is 54.2 Å². The summed E-state index contributed by atoms with van der Waals surface area (Å²) in [6, 6.07) is 67.1. The van der Waals surface area contributed by atoms with Crippen LogP contribution in [0.4, 0.5) is 17.1 Å². The topological polar surface area (TPSA) is 12.5 Å². The second-order valence-electron chi connectivity index (χ2n) is 16.5. The fourth-order valence-corrected chi connectivity index (χ4v) is 9.91. The van der Waals surface area contributed by atoms with Gasteiger partial charge in [-0.25, -0.2) is 0 Å². The van der Waals surface area contributed by atoms with Crippen LogP contribution in [0, 0.1) is 27.7 Å². The van der Waals surface area contributed by atoms with E-state index in [1.165, 1.54) is 81.9 Å². The molecule has 1 aliphatic rings. The lowest BCUT2D eigenvalue weighted by Crippen LogP contribution is -2.52. The molecule has 0 bridgehead atoms. The molecule has 0 unspecified atom stereocenters. The van der Waals surface area contributed by atoms with Crippen LogP contribution >= 0.6 is 0 Å². The average Bonchev–Trinajstić information content (AvgIpc) is 3.24. The highest BCUT2D eigenvalue weighted by molar-refractivity contribution is 6.97. The summed E-state index contributed by atoms with van der Waals surface area (Å²) in [5.41, 5.74) is 14.6. The van der Waals surface area contributed by atoms with Gasteiger partial charge in [-0.2, -0.15) is 0 Å². The van der Waals surface area contributed by atoms with Gasteiger partial charge in [0.1, 0.15) is 11.5 Å². The van der Waals surface area contributed by atoms with Gasteiger partial charge in [-0.05, 0) is 119 Å². The van der Waals surface area contributed by atoms with Crippen LogP contribution in [0.1, 0.15) is 22.3 Å². The molecule has 3 heteroatoms.